The van der Waals surface area contributed by atoms with Crippen LogP contribution in [0.2, 0.25) is 0 Å². The molecule has 3 rings (SSSR count). The van der Waals surface area contributed by atoms with Crippen molar-refractivity contribution in [2.24, 2.45) is 0 Å². The fraction of sp³-hybridized carbons (Fsp3) is 0.333. The SMILES string of the molecule is OC1CCn2c(nnc2-c2cccc(Br)c2)C1. The second kappa shape index (κ2) is 4.23. The predicted octanol–water partition coefficient (Wildman–Crippen LogP) is 2.01. The molecule has 1 atom stereocenters. The number of fused-ring (bicyclic) bond motifs is 1. The topological polar surface area (TPSA) is 50.9 Å². The van der Waals surface area contributed by atoms with Crippen molar-refractivity contribution >= 4 is 15.9 Å². The number of nitrogens with zero attached hydrogens (tertiary/aromatic N) is 3. The van der Waals surface area contributed by atoms with Gasteiger partial charge in [-0.25, -0.2) is 0 Å². The van der Waals surface area contributed by atoms with Crippen molar-refractivity contribution in [1.29, 1.82) is 0 Å². The molecule has 0 amide bonds. The quantitative estimate of drug-likeness (QED) is 0.875. The van der Waals surface area contributed by atoms with Crippen molar-refractivity contribution in [3.8, 4) is 11.4 Å². The van der Waals surface area contributed by atoms with Crippen LogP contribution in [0.25, 0.3) is 11.4 Å². The van der Waals surface area contributed by atoms with Gasteiger partial charge in [0.1, 0.15) is 5.82 Å². The highest BCUT2D eigenvalue weighted by Gasteiger charge is 2.21. The number of aromatic nitrogens is 3. The van der Waals surface area contributed by atoms with Gasteiger partial charge < -0.3 is 9.67 Å². The van der Waals surface area contributed by atoms with Crippen LogP contribution < -0.4 is 0 Å². The van der Waals surface area contributed by atoms with E-state index < -0.39 is 0 Å². The molecule has 0 radical (unpaired) electrons. The van der Waals surface area contributed by atoms with Gasteiger partial charge in [-0.2, -0.15) is 0 Å². The molecule has 0 saturated heterocycles. The Labute approximate surface area is 107 Å². The summed E-state index contributed by atoms with van der Waals surface area (Å²) in [6, 6.07) is 8.02. The molecular weight excluding hydrogens is 282 g/mol. The molecule has 4 nitrogen and oxygen atoms in total. The minimum atomic E-state index is -0.276. The van der Waals surface area contributed by atoms with E-state index in [2.05, 4.69) is 30.7 Å². The standard InChI is InChI=1S/C12H12BrN3O/c13-9-3-1-2-8(6-9)12-15-14-11-7-10(17)4-5-16(11)12/h1-3,6,10,17H,4-5,7H2. The lowest BCUT2D eigenvalue weighted by molar-refractivity contribution is 0.142. The van der Waals surface area contributed by atoms with E-state index in [0.717, 1.165) is 34.7 Å². The monoisotopic (exact) mass is 293 g/mol. The van der Waals surface area contributed by atoms with Gasteiger partial charge in [0, 0.05) is 23.0 Å². The van der Waals surface area contributed by atoms with E-state index in [-0.39, 0.29) is 6.10 Å². The van der Waals surface area contributed by atoms with Crippen molar-refractivity contribution < 1.29 is 5.11 Å². The van der Waals surface area contributed by atoms with Crippen molar-refractivity contribution in [3.63, 3.8) is 0 Å². The van der Waals surface area contributed by atoms with E-state index in [1.54, 1.807) is 0 Å². The zero-order valence-electron chi connectivity index (χ0n) is 9.17. The average molecular weight is 294 g/mol. The van der Waals surface area contributed by atoms with Crippen LogP contribution in [0, 0.1) is 0 Å². The second-order valence-electron chi connectivity index (χ2n) is 4.25. The number of benzene rings is 1. The maximum absolute atomic E-state index is 9.59. The molecule has 5 heteroatoms. The summed E-state index contributed by atoms with van der Waals surface area (Å²) in [5, 5.41) is 18.0. The Hall–Kier alpha value is -1.20. The zero-order chi connectivity index (χ0) is 11.8. The summed E-state index contributed by atoms with van der Waals surface area (Å²) < 4.78 is 3.12. The largest absolute Gasteiger partial charge is 0.393 e. The Balaban J connectivity index is 2.05. The Morgan fingerprint density at radius 3 is 3.06 bits per heavy atom. The number of hydrogen-bond donors (Lipinski definition) is 1. The third-order valence-corrected chi connectivity index (χ3v) is 3.51. The van der Waals surface area contributed by atoms with E-state index in [9.17, 15) is 5.11 Å². The van der Waals surface area contributed by atoms with Crippen LogP contribution in [0.4, 0.5) is 0 Å². The maximum Gasteiger partial charge on any atom is 0.163 e. The van der Waals surface area contributed by atoms with Crippen molar-refractivity contribution in [3.05, 3.63) is 34.6 Å². The Bertz CT molecular complexity index is 552. The highest BCUT2D eigenvalue weighted by molar-refractivity contribution is 9.10. The fourth-order valence-electron chi connectivity index (χ4n) is 2.15. The first kappa shape index (κ1) is 10.9. The van der Waals surface area contributed by atoms with Gasteiger partial charge in [0.15, 0.2) is 5.82 Å². The minimum absolute atomic E-state index is 0.276. The van der Waals surface area contributed by atoms with E-state index in [4.69, 9.17) is 0 Å². The number of rotatable bonds is 1. The summed E-state index contributed by atoms with van der Waals surface area (Å²) >= 11 is 3.46. The van der Waals surface area contributed by atoms with Gasteiger partial charge in [-0.1, -0.05) is 28.1 Å². The van der Waals surface area contributed by atoms with Gasteiger partial charge in [-0.05, 0) is 18.6 Å². The summed E-state index contributed by atoms with van der Waals surface area (Å²) in [5.41, 5.74) is 1.05. The summed E-state index contributed by atoms with van der Waals surface area (Å²) in [5.74, 6) is 1.76. The lowest BCUT2D eigenvalue weighted by atomic mass is 10.1. The van der Waals surface area contributed by atoms with Gasteiger partial charge in [-0.15, -0.1) is 10.2 Å². The van der Waals surface area contributed by atoms with Crippen LogP contribution in [0.15, 0.2) is 28.7 Å². The Morgan fingerprint density at radius 2 is 2.24 bits per heavy atom. The number of hydrogen-bond acceptors (Lipinski definition) is 3. The van der Waals surface area contributed by atoms with Gasteiger partial charge in [0.05, 0.1) is 6.10 Å². The molecule has 2 aromatic rings. The van der Waals surface area contributed by atoms with E-state index >= 15 is 0 Å². The number of aliphatic hydroxyl groups is 1. The van der Waals surface area contributed by atoms with E-state index in [1.165, 1.54) is 0 Å². The molecule has 0 saturated carbocycles. The summed E-state index contributed by atoms with van der Waals surface area (Å²) in [6.07, 6.45) is 1.09. The normalized spacial score (nSPS) is 19.1. The van der Waals surface area contributed by atoms with Crippen LogP contribution in [0.3, 0.4) is 0 Å². The average Bonchev–Trinajstić information content (AvgIpc) is 2.71. The molecule has 0 spiro atoms. The van der Waals surface area contributed by atoms with Crippen LogP contribution >= 0.6 is 15.9 Å². The van der Waals surface area contributed by atoms with Crippen LogP contribution in [-0.2, 0) is 13.0 Å². The lowest BCUT2D eigenvalue weighted by Crippen LogP contribution is -2.23. The predicted molar refractivity (Wildman–Crippen MR) is 67.5 cm³/mol. The van der Waals surface area contributed by atoms with Gasteiger partial charge in [0.2, 0.25) is 0 Å². The highest BCUT2D eigenvalue weighted by Crippen LogP contribution is 2.25. The minimum Gasteiger partial charge on any atom is -0.393 e. The van der Waals surface area contributed by atoms with Crippen molar-refractivity contribution in [2.75, 3.05) is 0 Å². The third-order valence-electron chi connectivity index (χ3n) is 3.01. The molecular formula is C12H12BrN3O. The first-order valence-corrected chi connectivity index (χ1v) is 6.39. The van der Waals surface area contributed by atoms with Crippen molar-refractivity contribution in [1.82, 2.24) is 14.8 Å². The zero-order valence-corrected chi connectivity index (χ0v) is 10.8. The molecule has 0 aliphatic carbocycles. The highest BCUT2D eigenvalue weighted by atomic mass is 79.9. The van der Waals surface area contributed by atoms with E-state index in [1.807, 2.05) is 24.3 Å². The fourth-order valence-corrected chi connectivity index (χ4v) is 2.55. The Morgan fingerprint density at radius 1 is 1.35 bits per heavy atom. The lowest BCUT2D eigenvalue weighted by Gasteiger charge is -2.19. The molecule has 1 aliphatic heterocycles. The maximum atomic E-state index is 9.59. The summed E-state index contributed by atoms with van der Waals surface area (Å²) in [7, 11) is 0. The number of aliphatic hydroxyl groups excluding tert-OH is 1. The molecule has 1 N–H and O–H groups in total. The van der Waals surface area contributed by atoms with Crippen LogP contribution in [0.1, 0.15) is 12.2 Å². The van der Waals surface area contributed by atoms with Gasteiger partial charge in [-0.3, -0.25) is 0 Å². The molecule has 0 fully saturated rings. The smallest absolute Gasteiger partial charge is 0.163 e. The summed E-state index contributed by atoms with van der Waals surface area (Å²) in [6.45, 7) is 0.783. The van der Waals surface area contributed by atoms with Crippen molar-refractivity contribution in [2.45, 2.75) is 25.5 Å². The van der Waals surface area contributed by atoms with Crippen LogP contribution in [0.5, 0.6) is 0 Å². The molecule has 1 aromatic carbocycles. The first-order valence-electron chi connectivity index (χ1n) is 5.60. The molecule has 0 bridgehead atoms. The number of halogens is 1. The van der Waals surface area contributed by atoms with Gasteiger partial charge in [0.25, 0.3) is 0 Å². The molecule has 17 heavy (non-hydrogen) atoms. The molecule has 1 unspecified atom stereocenters. The second-order valence-corrected chi connectivity index (χ2v) is 5.16. The molecule has 2 heterocycles. The molecule has 88 valence electrons. The Kier molecular flexibility index (Phi) is 2.72. The molecule has 1 aliphatic rings. The molecule has 1 aromatic heterocycles. The first-order chi connectivity index (χ1) is 8.24. The van der Waals surface area contributed by atoms with Crippen LogP contribution in [-0.4, -0.2) is 26.0 Å². The third kappa shape index (κ3) is 2.00. The van der Waals surface area contributed by atoms with Gasteiger partial charge >= 0.3 is 0 Å². The summed E-state index contributed by atoms with van der Waals surface area (Å²) in [4.78, 5) is 0. The van der Waals surface area contributed by atoms with E-state index in [0.29, 0.717) is 6.42 Å².